The lowest BCUT2D eigenvalue weighted by Gasteiger charge is -2.40. The van der Waals surface area contributed by atoms with Gasteiger partial charge in [-0.2, -0.15) is 0 Å². The highest BCUT2D eigenvalue weighted by Gasteiger charge is 2.48. The Bertz CT molecular complexity index is 1440. The maximum Gasteiger partial charge on any atom is 0.331 e. The number of imidazole rings is 1. The van der Waals surface area contributed by atoms with Crippen molar-refractivity contribution in [3.63, 3.8) is 0 Å². The maximum atomic E-state index is 13.8. The number of nitrogens with zero attached hydrogens (tertiary/aromatic N) is 4. The van der Waals surface area contributed by atoms with Crippen molar-refractivity contribution in [2.24, 2.45) is 20.0 Å². The fourth-order valence-electron chi connectivity index (χ4n) is 5.28. The number of aromatic nitrogens is 2. The average Bonchev–Trinajstić information content (AvgIpc) is 3.33. The average molecular weight is 477 g/mol. The molecule has 0 saturated carbocycles. The number of hydrogen-bond donors (Lipinski definition) is 0. The Morgan fingerprint density at radius 1 is 1.03 bits per heavy atom. The Kier molecular flexibility index (Phi) is 5.50. The fourth-order valence-corrected chi connectivity index (χ4v) is 5.28. The van der Waals surface area contributed by atoms with Crippen molar-refractivity contribution in [1.82, 2.24) is 14.0 Å². The van der Waals surface area contributed by atoms with E-state index in [0.717, 1.165) is 28.6 Å². The second-order valence-electron chi connectivity index (χ2n) is 9.24. The number of anilines is 1. The second-order valence-corrected chi connectivity index (χ2v) is 9.24. The first-order valence-corrected chi connectivity index (χ1v) is 11.8. The van der Waals surface area contributed by atoms with Crippen LogP contribution in [-0.2, 0) is 34.8 Å². The van der Waals surface area contributed by atoms with Gasteiger partial charge in [-0.15, -0.1) is 0 Å². The van der Waals surface area contributed by atoms with E-state index in [1.54, 1.807) is 39.2 Å². The number of esters is 1. The normalized spacial score (nSPS) is 20.0. The summed E-state index contributed by atoms with van der Waals surface area (Å²) in [7, 11) is 3.36. The van der Waals surface area contributed by atoms with Crippen molar-refractivity contribution in [3.8, 4) is 0 Å². The zero-order valence-corrected chi connectivity index (χ0v) is 20.3. The molecule has 3 amide bonds. The summed E-state index contributed by atoms with van der Waals surface area (Å²) in [6, 6.07) is 10.4. The quantitative estimate of drug-likeness (QED) is 0.426. The minimum atomic E-state index is -1.13. The van der Waals surface area contributed by atoms with Gasteiger partial charge in [-0.1, -0.05) is 23.8 Å². The van der Waals surface area contributed by atoms with Gasteiger partial charge in [0.25, 0.3) is 0 Å². The Labute approximate surface area is 202 Å². The molecule has 0 spiro atoms. The van der Waals surface area contributed by atoms with Gasteiger partial charge in [0.1, 0.15) is 0 Å². The van der Waals surface area contributed by atoms with Crippen LogP contribution in [0.2, 0.25) is 0 Å². The number of rotatable bonds is 4. The minimum absolute atomic E-state index is 0.118. The zero-order chi connectivity index (χ0) is 25.0. The highest BCUT2D eigenvalue weighted by Crippen LogP contribution is 2.40. The Morgan fingerprint density at radius 2 is 1.77 bits per heavy atom. The highest BCUT2D eigenvalue weighted by atomic mass is 16.5. The SMILES string of the molecule is CCOC(=O)C1CN(c2ccc3c(c2)n(C)c(=O)n3C)C(=O)N(C2CCc3ccc(C)cc32)C1=O. The van der Waals surface area contributed by atoms with E-state index >= 15 is 0 Å². The molecule has 1 fully saturated rings. The first-order chi connectivity index (χ1) is 16.7. The van der Waals surface area contributed by atoms with Gasteiger partial charge in [0.05, 0.1) is 30.2 Å². The molecular weight excluding hydrogens is 448 g/mol. The summed E-state index contributed by atoms with van der Waals surface area (Å²) in [4.78, 5) is 55.3. The molecule has 1 aliphatic carbocycles. The van der Waals surface area contributed by atoms with Crippen molar-refractivity contribution in [1.29, 1.82) is 0 Å². The Hall–Kier alpha value is -3.88. The molecular formula is C26H28N4O5. The van der Waals surface area contributed by atoms with Gasteiger partial charge in [-0.3, -0.25) is 28.5 Å². The summed E-state index contributed by atoms with van der Waals surface area (Å²) in [6.07, 6.45) is 1.35. The van der Waals surface area contributed by atoms with Crippen molar-refractivity contribution in [3.05, 3.63) is 63.6 Å². The Morgan fingerprint density at radius 3 is 2.51 bits per heavy atom. The smallest absolute Gasteiger partial charge is 0.331 e. The topological polar surface area (TPSA) is 93.8 Å². The lowest BCUT2D eigenvalue weighted by Crippen LogP contribution is -2.59. The van der Waals surface area contributed by atoms with Crippen molar-refractivity contribution >= 4 is 34.6 Å². The van der Waals surface area contributed by atoms with Gasteiger partial charge in [-0.05, 0) is 56.0 Å². The number of benzene rings is 2. The van der Waals surface area contributed by atoms with Gasteiger partial charge in [0, 0.05) is 19.8 Å². The zero-order valence-electron chi connectivity index (χ0n) is 20.3. The largest absolute Gasteiger partial charge is 0.465 e. The van der Waals surface area contributed by atoms with Crippen LogP contribution in [-0.4, -0.2) is 45.1 Å². The van der Waals surface area contributed by atoms with Gasteiger partial charge in [0.2, 0.25) is 5.91 Å². The van der Waals surface area contributed by atoms with E-state index in [1.807, 2.05) is 25.1 Å². The molecule has 9 heteroatoms. The number of hydrogen-bond acceptors (Lipinski definition) is 5. The van der Waals surface area contributed by atoms with E-state index in [1.165, 1.54) is 18.9 Å². The predicted octanol–water partition coefficient (Wildman–Crippen LogP) is 2.82. The molecule has 2 atom stereocenters. The number of fused-ring (bicyclic) bond motifs is 2. The van der Waals surface area contributed by atoms with Crippen molar-refractivity contribution in [2.75, 3.05) is 18.1 Å². The number of urea groups is 1. The molecule has 1 aliphatic heterocycles. The summed E-state index contributed by atoms with van der Waals surface area (Å²) >= 11 is 0. The molecule has 1 aromatic heterocycles. The first-order valence-electron chi connectivity index (χ1n) is 11.8. The molecule has 2 heterocycles. The molecule has 0 N–H and O–H groups in total. The van der Waals surface area contributed by atoms with Crippen LogP contribution in [0.1, 0.15) is 36.1 Å². The lowest BCUT2D eigenvalue weighted by atomic mass is 9.99. The van der Waals surface area contributed by atoms with Crippen LogP contribution in [0.5, 0.6) is 0 Å². The molecule has 1 saturated heterocycles. The van der Waals surface area contributed by atoms with E-state index in [4.69, 9.17) is 4.74 Å². The molecule has 2 aliphatic rings. The van der Waals surface area contributed by atoms with Crippen molar-refractivity contribution < 1.29 is 19.1 Å². The van der Waals surface area contributed by atoms with Crippen LogP contribution >= 0.6 is 0 Å². The number of imide groups is 1. The fraction of sp³-hybridized carbons (Fsp3) is 0.385. The molecule has 182 valence electrons. The molecule has 0 radical (unpaired) electrons. The molecule has 0 bridgehead atoms. The first kappa shape index (κ1) is 22.9. The van der Waals surface area contributed by atoms with E-state index in [2.05, 4.69) is 0 Å². The van der Waals surface area contributed by atoms with E-state index < -0.39 is 29.9 Å². The third-order valence-electron chi connectivity index (χ3n) is 7.14. The summed E-state index contributed by atoms with van der Waals surface area (Å²) < 4.78 is 8.25. The summed E-state index contributed by atoms with van der Waals surface area (Å²) in [5, 5.41) is 0. The Balaban J connectivity index is 1.60. The van der Waals surface area contributed by atoms with Crippen LogP contribution in [0.4, 0.5) is 10.5 Å². The van der Waals surface area contributed by atoms with E-state index in [0.29, 0.717) is 17.6 Å². The summed E-state index contributed by atoms with van der Waals surface area (Å²) in [5.41, 5.74) is 4.80. The molecule has 9 nitrogen and oxygen atoms in total. The number of carbonyl (C=O) groups excluding carboxylic acids is 3. The van der Waals surface area contributed by atoms with Crippen LogP contribution in [0, 0.1) is 12.8 Å². The predicted molar refractivity (Wildman–Crippen MR) is 130 cm³/mol. The summed E-state index contributed by atoms with van der Waals surface area (Å²) in [6.45, 7) is 3.68. The number of aryl methyl sites for hydroxylation is 4. The van der Waals surface area contributed by atoms with E-state index in [9.17, 15) is 19.2 Å². The van der Waals surface area contributed by atoms with E-state index in [-0.39, 0.29) is 18.8 Å². The third kappa shape index (κ3) is 3.53. The highest BCUT2D eigenvalue weighted by molar-refractivity contribution is 6.13. The van der Waals surface area contributed by atoms with Gasteiger partial charge in [0.15, 0.2) is 5.92 Å². The van der Waals surface area contributed by atoms with Gasteiger partial charge >= 0.3 is 17.7 Å². The number of carbonyl (C=O) groups is 3. The molecule has 35 heavy (non-hydrogen) atoms. The number of amides is 3. The molecule has 5 rings (SSSR count). The van der Waals surface area contributed by atoms with Crippen LogP contribution in [0.15, 0.2) is 41.2 Å². The molecule has 2 aromatic carbocycles. The summed E-state index contributed by atoms with van der Waals surface area (Å²) in [5.74, 6) is -2.30. The molecule has 2 unspecified atom stereocenters. The van der Waals surface area contributed by atoms with Crippen LogP contribution in [0.25, 0.3) is 11.0 Å². The second kappa shape index (κ2) is 8.41. The van der Waals surface area contributed by atoms with Crippen LogP contribution in [0.3, 0.4) is 0 Å². The van der Waals surface area contributed by atoms with Gasteiger partial charge in [-0.25, -0.2) is 9.59 Å². The monoisotopic (exact) mass is 476 g/mol. The molecule has 3 aromatic rings. The lowest BCUT2D eigenvalue weighted by molar-refractivity contribution is -0.155. The minimum Gasteiger partial charge on any atom is -0.465 e. The maximum absolute atomic E-state index is 13.8. The number of ether oxygens (including phenoxy) is 1. The van der Waals surface area contributed by atoms with Gasteiger partial charge < -0.3 is 4.74 Å². The van der Waals surface area contributed by atoms with Crippen LogP contribution < -0.4 is 10.6 Å². The van der Waals surface area contributed by atoms with Crippen molar-refractivity contribution in [2.45, 2.75) is 32.7 Å². The standard InChI is InChI=1S/C26H28N4O5/c1-5-35-24(32)19-14-29(17-9-11-21-22(13-17)28(4)25(33)27(21)3)26(34)30(23(19)31)20-10-8-16-7-6-15(2)12-18(16)20/h6-7,9,11-13,19-20H,5,8,10,14H2,1-4H3. The third-order valence-corrected chi connectivity index (χ3v) is 7.14.